The molecule has 5 saturated carbocycles. The summed E-state index contributed by atoms with van der Waals surface area (Å²) in [5, 5.41) is 11.1. The van der Waals surface area contributed by atoms with E-state index in [1.165, 1.54) is 7.11 Å². The summed E-state index contributed by atoms with van der Waals surface area (Å²) in [5.74, 6) is 1.17. The van der Waals surface area contributed by atoms with Crippen LogP contribution in [-0.4, -0.2) is 24.0 Å². The molecular weight excluding hydrogens is 316 g/mol. The number of rotatable bonds is 1. The van der Waals surface area contributed by atoms with Crippen molar-refractivity contribution < 1.29 is 19.4 Å². The van der Waals surface area contributed by atoms with Crippen LogP contribution >= 0.6 is 0 Å². The standard InChI is InChI=1S/C21H28O4/c1-18-6-5-7-19(2,17(24)25-4)15(18)14(22)16(23)21-9-12-11(8-13(18)21)20(12,3)10-21/h11-13,22H,5-10H2,1-4H3/t11-,12?,13+,18+,19-,20-,21-/m1/s1. The lowest BCUT2D eigenvalue weighted by molar-refractivity contribution is -0.158. The average Bonchev–Trinajstić information content (AvgIpc) is 3.02. The van der Waals surface area contributed by atoms with E-state index in [2.05, 4.69) is 13.8 Å². The van der Waals surface area contributed by atoms with Gasteiger partial charge in [0, 0.05) is 5.41 Å². The first-order valence-corrected chi connectivity index (χ1v) is 9.72. The normalized spacial score (nSPS) is 55.5. The maximum Gasteiger partial charge on any atom is 0.315 e. The van der Waals surface area contributed by atoms with E-state index in [1.807, 2.05) is 6.92 Å². The molecule has 4 heteroatoms. The van der Waals surface area contributed by atoms with Gasteiger partial charge in [-0.1, -0.05) is 20.3 Å². The van der Waals surface area contributed by atoms with Crippen molar-refractivity contribution in [1.29, 1.82) is 0 Å². The summed E-state index contributed by atoms with van der Waals surface area (Å²) in [6.45, 7) is 6.40. The number of carbonyl (C=O) groups excluding carboxylic acids is 2. The second-order valence-corrected chi connectivity index (χ2v) is 10.2. The molecule has 0 aliphatic heterocycles. The Morgan fingerprint density at radius 1 is 1.20 bits per heavy atom. The first-order valence-electron chi connectivity index (χ1n) is 9.72. The Morgan fingerprint density at radius 2 is 1.92 bits per heavy atom. The van der Waals surface area contributed by atoms with E-state index in [0.29, 0.717) is 23.3 Å². The summed E-state index contributed by atoms with van der Waals surface area (Å²) in [6, 6.07) is 0. The number of fused-ring (bicyclic) bond motifs is 1. The zero-order chi connectivity index (χ0) is 18.0. The number of ether oxygens (including phenoxy) is 1. The van der Waals surface area contributed by atoms with E-state index in [0.717, 1.165) is 38.0 Å². The molecule has 6 rings (SSSR count). The Bertz CT molecular complexity index is 753. The lowest BCUT2D eigenvalue weighted by Crippen LogP contribution is -2.59. The van der Waals surface area contributed by atoms with Crippen LogP contribution in [0.2, 0.25) is 0 Å². The molecular formula is C21H28O4. The van der Waals surface area contributed by atoms with Crippen LogP contribution in [0, 0.1) is 39.4 Å². The number of allylic oxidation sites excluding steroid dienone is 1. The SMILES string of the molecule is COC(=O)[C@]1(C)CCC[C@]2(C)C1=C(O)C(=O)[C@@]13CC4[C@@H](C[C@H]12)[C@@]4(C)C3. The molecule has 1 N–H and O–H groups in total. The van der Waals surface area contributed by atoms with Gasteiger partial charge in [0.2, 0.25) is 5.78 Å². The van der Waals surface area contributed by atoms with Crippen LogP contribution in [0.3, 0.4) is 0 Å². The van der Waals surface area contributed by atoms with E-state index in [1.54, 1.807) is 0 Å². The molecule has 25 heavy (non-hydrogen) atoms. The van der Waals surface area contributed by atoms with Crippen LogP contribution in [0.1, 0.15) is 59.3 Å². The van der Waals surface area contributed by atoms with Gasteiger partial charge in [-0.05, 0) is 73.2 Å². The van der Waals surface area contributed by atoms with E-state index < -0.39 is 5.41 Å². The van der Waals surface area contributed by atoms with E-state index in [-0.39, 0.29) is 34.3 Å². The number of esters is 1. The highest BCUT2D eigenvalue weighted by Gasteiger charge is 2.80. The minimum atomic E-state index is -0.878. The van der Waals surface area contributed by atoms with Gasteiger partial charge in [0.25, 0.3) is 0 Å². The molecule has 6 aliphatic rings. The molecule has 0 heterocycles. The highest BCUT2D eigenvalue weighted by Crippen LogP contribution is 2.84. The summed E-state index contributed by atoms with van der Waals surface area (Å²) < 4.78 is 5.09. The molecule has 4 nitrogen and oxygen atoms in total. The van der Waals surface area contributed by atoms with Crippen LogP contribution in [0.25, 0.3) is 0 Å². The van der Waals surface area contributed by atoms with Gasteiger partial charge in [-0.3, -0.25) is 9.59 Å². The van der Waals surface area contributed by atoms with Crippen LogP contribution in [0.5, 0.6) is 0 Å². The summed E-state index contributed by atoms with van der Waals surface area (Å²) >= 11 is 0. The Morgan fingerprint density at radius 3 is 2.52 bits per heavy atom. The highest BCUT2D eigenvalue weighted by atomic mass is 16.5. The second-order valence-electron chi connectivity index (χ2n) is 10.2. The maximum atomic E-state index is 13.4. The van der Waals surface area contributed by atoms with E-state index in [9.17, 15) is 14.7 Å². The predicted octanol–water partition coefficient (Wildman–Crippen LogP) is 3.80. The first-order chi connectivity index (χ1) is 11.6. The Hall–Kier alpha value is -1.32. The molecule has 6 aliphatic carbocycles. The van der Waals surface area contributed by atoms with Crippen LogP contribution in [0.15, 0.2) is 11.3 Å². The minimum absolute atomic E-state index is 0.0751. The summed E-state index contributed by atoms with van der Waals surface area (Å²) in [7, 11) is 1.40. The van der Waals surface area contributed by atoms with E-state index in [4.69, 9.17) is 4.74 Å². The molecule has 0 radical (unpaired) electrons. The van der Waals surface area contributed by atoms with Gasteiger partial charge in [0.05, 0.1) is 12.5 Å². The van der Waals surface area contributed by atoms with Gasteiger partial charge in [-0.25, -0.2) is 0 Å². The lowest BCUT2D eigenvalue weighted by Gasteiger charge is -2.60. The first kappa shape index (κ1) is 15.9. The van der Waals surface area contributed by atoms with Crippen molar-refractivity contribution in [3.63, 3.8) is 0 Å². The predicted molar refractivity (Wildman–Crippen MR) is 91.6 cm³/mol. The Balaban J connectivity index is 1.72. The Kier molecular flexibility index (Phi) is 2.64. The van der Waals surface area contributed by atoms with Crippen molar-refractivity contribution in [3.05, 3.63) is 11.3 Å². The van der Waals surface area contributed by atoms with Crippen LogP contribution in [-0.2, 0) is 14.3 Å². The Labute approximate surface area is 149 Å². The summed E-state index contributed by atoms with van der Waals surface area (Å²) in [4.78, 5) is 26.1. The van der Waals surface area contributed by atoms with Gasteiger partial charge in [0.15, 0.2) is 5.76 Å². The highest BCUT2D eigenvalue weighted by molar-refractivity contribution is 6.02. The quantitative estimate of drug-likeness (QED) is 0.735. The fourth-order valence-electron chi connectivity index (χ4n) is 8.27. The smallest absolute Gasteiger partial charge is 0.315 e. The van der Waals surface area contributed by atoms with Crippen molar-refractivity contribution >= 4 is 11.8 Å². The van der Waals surface area contributed by atoms with Crippen molar-refractivity contribution in [2.45, 2.75) is 59.3 Å². The molecule has 1 unspecified atom stereocenters. The summed E-state index contributed by atoms with van der Waals surface area (Å²) in [5.41, 5.74) is -0.526. The molecule has 0 aromatic heterocycles. The average molecular weight is 344 g/mol. The molecule has 0 saturated heterocycles. The van der Waals surface area contributed by atoms with Gasteiger partial charge in [-0.15, -0.1) is 0 Å². The number of methoxy groups -OCH3 is 1. The number of ketones is 1. The number of aliphatic hydroxyl groups is 1. The van der Waals surface area contributed by atoms with Crippen LogP contribution in [0.4, 0.5) is 0 Å². The molecule has 0 aromatic carbocycles. The third-order valence-corrected chi connectivity index (χ3v) is 9.31. The fraction of sp³-hybridized carbons (Fsp3) is 0.810. The van der Waals surface area contributed by atoms with Gasteiger partial charge >= 0.3 is 5.97 Å². The second kappa shape index (κ2) is 4.15. The molecule has 0 aromatic rings. The number of Topliss-reactive ketones (excluding diaryl/α,β-unsaturated/α-hetero) is 1. The van der Waals surface area contributed by atoms with E-state index >= 15 is 0 Å². The molecule has 7 atom stereocenters. The number of carbonyl (C=O) groups is 2. The summed E-state index contributed by atoms with van der Waals surface area (Å²) in [6.07, 6.45) is 5.49. The third kappa shape index (κ3) is 1.45. The maximum absolute atomic E-state index is 13.4. The van der Waals surface area contributed by atoms with Crippen LogP contribution < -0.4 is 0 Å². The largest absolute Gasteiger partial charge is 0.504 e. The number of hydrogen-bond acceptors (Lipinski definition) is 4. The molecule has 136 valence electrons. The zero-order valence-electron chi connectivity index (χ0n) is 15.6. The van der Waals surface area contributed by atoms with Gasteiger partial charge < -0.3 is 9.84 Å². The van der Waals surface area contributed by atoms with Crippen molar-refractivity contribution in [2.75, 3.05) is 7.11 Å². The molecule has 4 bridgehead atoms. The van der Waals surface area contributed by atoms with Crippen molar-refractivity contribution in [3.8, 4) is 0 Å². The topological polar surface area (TPSA) is 63.6 Å². The number of aliphatic hydroxyl groups excluding tert-OH is 1. The van der Waals surface area contributed by atoms with Gasteiger partial charge in [-0.2, -0.15) is 0 Å². The molecule has 1 spiro atoms. The lowest BCUT2D eigenvalue weighted by atomic mass is 9.42. The minimum Gasteiger partial charge on any atom is -0.504 e. The third-order valence-electron chi connectivity index (χ3n) is 9.31. The molecule has 5 fully saturated rings. The molecule has 0 amide bonds. The number of hydrogen-bond donors (Lipinski definition) is 1. The zero-order valence-corrected chi connectivity index (χ0v) is 15.6. The van der Waals surface area contributed by atoms with Crippen molar-refractivity contribution in [2.24, 2.45) is 39.4 Å². The van der Waals surface area contributed by atoms with Crippen molar-refractivity contribution in [1.82, 2.24) is 0 Å². The fourth-order valence-corrected chi connectivity index (χ4v) is 8.27. The monoisotopic (exact) mass is 344 g/mol. The van der Waals surface area contributed by atoms with Gasteiger partial charge in [0.1, 0.15) is 0 Å².